The molecule has 3 rings (SSSR count). The predicted octanol–water partition coefficient (Wildman–Crippen LogP) is 4.00. The van der Waals surface area contributed by atoms with Crippen LogP contribution in [0.5, 0.6) is 5.75 Å². The largest absolute Gasteiger partial charge is 0.493 e. The Labute approximate surface area is 115 Å². The maximum Gasteiger partial charge on any atom is 0.122 e. The summed E-state index contributed by atoms with van der Waals surface area (Å²) in [5.41, 5.74) is 3.73. The van der Waals surface area contributed by atoms with E-state index < -0.39 is 0 Å². The van der Waals surface area contributed by atoms with Crippen molar-refractivity contribution < 1.29 is 4.74 Å². The first-order valence-corrected chi connectivity index (χ1v) is 6.84. The van der Waals surface area contributed by atoms with Crippen LogP contribution in [0.1, 0.15) is 11.1 Å². The third kappa shape index (κ3) is 2.51. The smallest absolute Gasteiger partial charge is 0.122 e. The molecule has 0 unspecified atom stereocenters. The lowest BCUT2D eigenvalue weighted by molar-refractivity contribution is 0.357. The van der Waals surface area contributed by atoms with Crippen LogP contribution in [-0.2, 0) is 13.0 Å². The molecule has 0 aromatic heterocycles. The Kier molecular flexibility index (Phi) is 3.24. The highest BCUT2D eigenvalue weighted by Gasteiger charge is 2.11. The molecule has 2 nitrogen and oxygen atoms in total. The van der Waals surface area contributed by atoms with E-state index in [2.05, 4.69) is 57.6 Å². The summed E-state index contributed by atoms with van der Waals surface area (Å²) in [5, 5.41) is 3.44. The van der Waals surface area contributed by atoms with E-state index in [9.17, 15) is 0 Å². The standard InChI is InChI=1S/C15H14BrNO/c16-13-3-1-11(2-4-13)10-17-14-5-6-15-12(9-14)7-8-18-15/h1-6,9,17H,7-8,10H2. The van der Waals surface area contributed by atoms with Crippen LogP contribution >= 0.6 is 15.9 Å². The number of ether oxygens (including phenoxy) is 1. The van der Waals surface area contributed by atoms with Crippen molar-refractivity contribution in [2.24, 2.45) is 0 Å². The fourth-order valence-corrected chi connectivity index (χ4v) is 2.37. The summed E-state index contributed by atoms with van der Waals surface area (Å²) in [6.45, 7) is 1.65. The lowest BCUT2D eigenvalue weighted by Gasteiger charge is -2.08. The summed E-state index contributed by atoms with van der Waals surface area (Å²) in [7, 11) is 0. The lowest BCUT2D eigenvalue weighted by Crippen LogP contribution is -1.99. The first-order valence-electron chi connectivity index (χ1n) is 6.05. The summed E-state index contributed by atoms with van der Waals surface area (Å²) < 4.78 is 6.61. The van der Waals surface area contributed by atoms with Gasteiger partial charge in [0.2, 0.25) is 0 Å². The summed E-state index contributed by atoms with van der Waals surface area (Å²) in [4.78, 5) is 0. The van der Waals surface area contributed by atoms with E-state index in [1.165, 1.54) is 11.1 Å². The van der Waals surface area contributed by atoms with Crippen molar-refractivity contribution in [3.63, 3.8) is 0 Å². The first kappa shape index (κ1) is 11.6. The van der Waals surface area contributed by atoms with E-state index in [-0.39, 0.29) is 0 Å². The highest BCUT2D eigenvalue weighted by molar-refractivity contribution is 9.10. The number of anilines is 1. The van der Waals surface area contributed by atoms with Gasteiger partial charge in [0.1, 0.15) is 5.75 Å². The van der Waals surface area contributed by atoms with Gasteiger partial charge in [-0.2, -0.15) is 0 Å². The third-order valence-electron chi connectivity index (χ3n) is 3.10. The van der Waals surface area contributed by atoms with Gasteiger partial charge in [-0.3, -0.25) is 0 Å². The summed E-state index contributed by atoms with van der Waals surface area (Å²) >= 11 is 3.44. The molecule has 0 atom stereocenters. The van der Waals surface area contributed by atoms with Gasteiger partial charge < -0.3 is 10.1 Å². The molecule has 0 fully saturated rings. The van der Waals surface area contributed by atoms with Crippen molar-refractivity contribution in [3.05, 3.63) is 58.1 Å². The van der Waals surface area contributed by atoms with Gasteiger partial charge in [0.25, 0.3) is 0 Å². The van der Waals surface area contributed by atoms with E-state index in [0.717, 1.165) is 35.5 Å². The monoisotopic (exact) mass is 303 g/mol. The number of hydrogen-bond acceptors (Lipinski definition) is 2. The molecule has 1 aliphatic heterocycles. The Hall–Kier alpha value is -1.48. The summed E-state index contributed by atoms with van der Waals surface area (Å²) in [6.07, 6.45) is 1.02. The minimum atomic E-state index is 0.811. The van der Waals surface area contributed by atoms with Crippen molar-refractivity contribution >= 4 is 21.6 Å². The zero-order valence-corrected chi connectivity index (χ0v) is 11.5. The SMILES string of the molecule is Brc1ccc(CNc2ccc3c(c2)CCO3)cc1. The number of rotatable bonds is 3. The van der Waals surface area contributed by atoms with E-state index in [1.54, 1.807) is 0 Å². The quantitative estimate of drug-likeness (QED) is 0.925. The van der Waals surface area contributed by atoms with Crippen LogP contribution in [0.15, 0.2) is 46.9 Å². The zero-order chi connectivity index (χ0) is 12.4. The average Bonchev–Trinajstić information content (AvgIpc) is 2.85. The average molecular weight is 304 g/mol. The van der Waals surface area contributed by atoms with Crippen molar-refractivity contribution in [1.29, 1.82) is 0 Å². The van der Waals surface area contributed by atoms with Crippen molar-refractivity contribution in [2.75, 3.05) is 11.9 Å². The fourth-order valence-electron chi connectivity index (χ4n) is 2.10. The molecule has 1 aliphatic rings. The Morgan fingerprint density at radius 3 is 2.78 bits per heavy atom. The van der Waals surface area contributed by atoms with Gasteiger partial charge in [-0.15, -0.1) is 0 Å². The number of hydrogen-bond donors (Lipinski definition) is 1. The van der Waals surface area contributed by atoms with E-state index in [1.807, 2.05) is 6.07 Å². The normalized spacial score (nSPS) is 12.9. The van der Waals surface area contributed by atoms with Crippen molar-refractivity contribution in [1.82, 2.24) is 0 Å². The molecular formula is C15H14BrNO. The molecule has 0 saturated heterocycles. The summed E-state index contributed by atoms with van der Waals surface area (Å²) in [6, 6.07) is 14.7. The molecule has 0 amide bonds. The second-order valence-corrected chi connectivity index (χ2v) is 5.32. The molecule has 0 bridgehead atoms. The maximum atomic E-state index is 5.50. The lowest BCUT2D eigenvalue weighted by atomic mass is 10.1. The molecule has 18 heavy (non-hydrogen) atoms. The highest BCUT2D eigenvalue weighted by atomic mass is 79.9. The molecule has 1 heterocycles. The van der Waals surface area contributed by atoms with Gasteiger partial charge >= 0.3 is 0 Å². The van der Waals surface area contributed by atoms with Gasteiger partial charge in [0.05, 0.1) is 6.61 Å². The molecular weight excluding hydrogens is 290 g/mol. The number of halogens is 1. The maximum absolute atomic E-state index is 5.50. The van der Waals surface area contributed by atoms with E-state index in [0.29, 0.717) is 0 Å². The number of benzene rings is 2. The molecule has 0 aliphatic carbocycles. The molecule has 0 radical (unpaired) electrons. The van der Waals surface area contributed by atoms with Crippen LogP contribution in [-0.4, -0.2) is 6.61 Å². The Morgan fingerprint density at radius 1 is 1.11 bits per heavy atom. The molecule has 2 aromatic rings. The minimum Gasteiger partial charge on any atom is -0.493 e. The van der Waals surface area contributed by atoms with Gasteiger partial charge in [0, 0.05) is 23.1 Å². The predicted molar refractivity (Wildman–Crippen MR) is 77.1 cm³/mol. The second kappa shape index (κ2) is 5.02. The van der Waals surface area contributed by atoms with Crippen LogP contribution in [0.4, 0.5) is 5.69 Å². The van der Waals surface area contributed by atoms with Crippen molar-refractivity contribution in [3.8, 4) is 5.75 Å². The number of nitrogens with one attached hydrogen (secondary N) is 1. The molecule has 0 saturated carbocycles. The molecule has 92 valence electrons. The van der Waals surface area contributed by atoms with Gasteiger partial charge in [-0.1, -0.05) is 28.1 Å². The van der Waals surface area contributed by atoms with Crippen LogP contribution in [0.25, 0.3) is 0 Å². The second-order valence-electron chi connectivity index (χ2n) is 4.40. The summed E-state index contributed by atoms with van der Waals surface area (Å²) in [5.74, 6) is 1.03. The van der Waals surface area contributed by atoms with Gasteiger partial charge in [-0.25, -0.2) is 0 Å². The Balaban J connectivity index is 1.68. The molecule has 2 aromatic carbocycles. The molecule has 0 spiro atoms. The van der Waals surface area contributed by atoms with Gasteiger partial charge in [-0.05, 0) is 41.5 Å². The van der Waals surface area contributed by atoms with Crippen LogP contribution in [0.2, 0.25) is 0 Å². The Morgan fingerprint density at radius 2 is 1.94 bits per heavy atom. The number of fused-ring (bicyclic) bond motifs is 1. The minimum absolute atomic E-state index is 0.811. The molecule has 1 N–H and O–H groups in total. The molecule has 3 heteroatoms. The van der Waals surface area contributed by atoms with E-state index >= 15 is 0 Å². The van der Waals surface area contributed by atoms with E-state index in [4.69, 9.17) is 4.74 Å². The first-order chi connectivity index (χ1) is 8.81. The van der Waals surface area contributed by atoms with Crippen molar-refractivity contribution in [2.45, 2.75) is 13.0 Å². The zero-order valence-electron chi connectivity index (χ0n) is 9.95. The van der Waals surface area contributed by atoms with Crippen LogP contribution in [0.3, 0.4) is 0 Å². The third-order valence-corrected chi connectivity index (χ3v) is 3.63. The Bertz CT molecular complexity index is 551. The fraction of sp³-hybridized carbons (Fsp3) is 0.200. The van der Waals surface area contributed by atoms with Gasteiger partial charge in [0.15, 0.2) is 0 Å². The van der Waals surface area contributed by atoms with Crippen LogP contribution < -0.4 is 10.1 Å². The topological polar surface area (TPSA) is 21.3 Å². The van der Waals surface area contributed by atoms with Crippen LogP contribution in [0, 0.1) is 0 Å². The highest BCUT2D eigenvalue weighted by Crippen LogP contribution is 2.28.